The highest BCUT2D eigenvalue weighted by molar-refractivity contribution is 8.32. The highest BCUT2D eigenvalue weighted by atomic mass is 32.3. The summed E-state index contributed by atoms with van der Waals surface area (Å²) in [5.41, 5.74) is 10.7. The molecular formula is C38H34O2S2. The molecule has 0 amide bonds. The second kappa shape index (κ2) is 8.82. The molecule has 6 aromatic rings. The van der Waals surface area contributed by atoms with E-state index in [1.165, 1.54) is 42.8 Å². The van der Waals surface area contributed by atoms with Gasteiger partial charge in [0.15, 0.2) is 0 Å². The molecule has 0 N–H and O–H groups in total. The molecule has 0 atom stereocenters. The highest BCUT2D eigenvalue weighted by Gasteiger charge is 2.26. The Hall–Kier alpha value is -3.86. The van der Waals surface area contributed by atoms with E-state index in [0.29, 0.717) is 0 Å². The first-order valence-electron chi connectivity index (χ1n) is 14.2. The summed E-state index contributed by atoms with van der Waals surface area (Å²) in [4.78, 5) is 2.83. The van der Waals surface area contributed by atoms with Crippen molar-refractivity contribution < 1.29 is 8.83 Å². The van der Waals surface area contributed by atoms with Gasteiger partial charge in [-0.2, -0.15) is 0 Å². The van der Waals surface area contributed by atoms with Gasteiger partial charge in [-0.25, -0.2) is 20.1 Å². The largest absolute Gasteiger partial charge is 0.456 e. The predicted octanol–water partition coefficient (Wildman–Crippen LogP) is 11.5. The third-order valence-corrected chi connectivity index (χ3v) is 12.0. The van der Waals surface area contributed by atoms with E-state index in [1.807, 2.05) is 0 Å². The van der Waals surface area contributed by atoms with Crippen molar-refractivity contribution in [2.45, 2.75) is 9.79 Å². The van der Waals surface area contributed by atoms with Crippen LogP contribution in [0.1, 0.15) is 0 Å². The zero-order chi connectivity index (χ0) is 29.0. The molecule has 2 heterocycles. The van der Waals surface area contributed by atoms with Crippen molar-refractivity contribution >= 4 is 63.9 Å². The van der Waals surface area contributed by atoms with E-state index in [4.69, 9.17) is 8.83 Å². The van der Waals surface area contributed by atoms with Crippen LogP contribution in [0.5, 0.6) is 0 Å². The van der Waals surface area contributed by atoms with Crippen LogP contribution in [0.4, 0.5) is 0 Å². The quantitative estimate of drug-likeness (QED) is 0.151. The number of benzene rings is 6. The molecule has 2 nitrogen and oxygen atoms in total. The van der Waals surface area contributed by atoms with Crippen LogP contribution < -0.4 is 0 Å². The van der Waals surface area contributed by atoms with Crippen LogP contribution in [0.3, 0.4) is 0 Å². The summed E-state index contributed by atoms with van der Waals surface area (Å²) in [7, 11) is -1.55. The Balaban J connectivity index is 1.38. The molecule has 0 saturated carbocycles. The average molecular weight is 587 g/mol. The maximum Gasteiger partial charge on any atom is 0.136 e. The third-order valence-electron chi connectivity index (χ3n) is 8.64. The van der Waals surface area contributed by atoms with Crippen molar-refractivity contribution in [3.63, 3.8) is 0 Å². The van der Waals surface area contributed by atoms with Gasteiger partial charge >= 0.3 is 0 Å². The normalized spacial score (nSPS) is 13.8. The standard InChI is InChI=1S/C38H34O2S2/c1-41(2,3)25-11-7-23(8-12-25)27-15-19-31-35-29(27)17-21-33-37(35)38-34(39-31)22-18-30-28(16-20-32(40-33)36(30)38)24-9-13-26(14-10-24)42(4,5)6/h7-22H,1-6H3. The minimum atomic E-state index is -0.774. The average Bonchev–Trinajstić information content (AvgIpc) is 2.97. The van der Waals surface area contributed by atoms with Gasteiger partial charge in [-0.3, -0.25) is 0 Å². The minimum Gasteiger partial charge on any atom is -0.456 e. The molecule has 0 unspecified atom stereocenters. The fourth-order valence-electron chi connectivity index (χ4n) is 6.45. The Morgan fingerprint density at radius 2 is 0.738 bits per heavy atom. The Kier molecular flexibility index (Phi) is 5.43. The molecule has 8 rings (SSSR count). The zero-order valence-electron chi connectivity index (χ0n) is 24.9. The van der Waals surface area contributed by atoms with Gasteiger partial charge in [0, 0.05) is 21.9 Å². The summed E-state index contributed by atoms with van der Waals surface area (Å²) >= 11 is 0. The zero-order valence-corrected chi connectivity index (χ0v) is 26.5. The van der Waals surface area contributed by atoms with Crippen molar-refractivity contribution in [2.24, 2.45) is 0 Å². The molecule has 42 heavy (non-hydrogen) atoms. The van der Waals surface area contributed by atoms with E-state index in [1.54, 1.807) is 0 Å². The van der Waals surface area contributed by atoms with Crippen LogP contribution in [0.2, 0.25) is 0 Å². The minimum absolute atomic E-state index is 0.774. The molecule has 0 bridgehead atoms. The fraction of sp³-hybridized carbons (Fsp3) is 0.158. The molecule has 0 aromatic heterocycles. The van der Waals surface area contributed by atoms with Gasteiger partial charge in [0.2, 0.25) is 0 Å². The van der Waals surface area contributed by atoms with E-state index in [2.05, 4.69) is 135 Å². The number of hydrogen-bond acceptors (Lipinski definition) is 2. The first-order chi connectivity index (χ1) is 20.1. The Labute approximate surface area is 249 Å². The maximum atomic E-state index is 6.64. The highest BCUT2D eigenvalue weighted by Crippen LogP contribution is 2.52. The summed E-state index contributed by atoms with van der Waals surface area (Å²) in [5.74, 6) is 0. The van der Waals surface area contributed by atoms with Crippen molar-refractivity contribution in [1.29, 1.82) is 0 Å². The lowest BCUT2D eigenvalue weighted by Crippen LogP contribution is -1.97. The first kappa shape index (κ1) is 25.8. The van der Waals surface area contributed by atoms with E-state index >= 15 is 0 Å². The van der Waals surface area contributed by atoms with Crippen LogP contribution >= 0.6 is 20.1 Å². The van der Waals surface area contributed by atoms with Gasteiger partial charge in [0.05, 0.1) is 0 Å². The molecule has 0 aliphatic carbocycles. The van der Waals surface area contributed by atoms with Gasteiger partial charge in [0.1, 0.15) is 22.3 Å². The molecule has 210 valence electrons. The second-order valence-electron chi connectivity index (χ2n) is 12.9. The van der Waals surface area contributed by atoms with Crippen LogP contribution in [0, 0.1) is 0 Å². The van der Waals surface area contributed by atoms with Gasteiger partial charge in [-0.1, -0.05) is 36.4 Å². The summed E-state index contributed by atoms with van der Waals surface area (Å²) in [6.07, 6.45) is 14.0. The van der Waals surface area contributed by atoms with Crippen LogP contribution in [0.15, 0.2) is 116 Å². The van der Waals surface area contributed by atoms with E-state index in [9.17, 15) is 0 Å². The molecule has 0 spiro atoms. The summed E-state index contributed by atoms with van der Waals surface area (Å²) in [5, 5.41) is 4.63. The summed E-state index contributed by atoms with van der Waals surface area (Å²) in [6.45, 7) is 0. The van der Waals surface area contributed by atoms with Crippen molar-refractivity contribution in [1.82, 2.24) is 0 Å². The molecular weight excluding hydrogens is 553 g/mol. The lowest BCUT2D eigenvalue weighted by Gasteiger charge is -2.26. The predicted molar refractivity (Wildman–Crippen MR) is 187 cm³/mol. The van der Waals surface area contributed by atoms with Crippen molar-refractivity contribution in [2.75, 3.05) is 37.5 Å². The fourth-order valence-corrected chi connectivity index (χ4v) is 8.36. The van der Waals surface area contributed by atoms with Crippen molar-refractivity contribution in [3.8, 4) is 33.4 Å². The molecule has 0 radical (unpaired) electrons. The molecule has 4 heteroatoms. The second-order valence-corrected chi connectivity index (χ2v) is 21.2. The Morgan fingerprint density at radius 1 is 0.381 bits per heavy atom. The lowest BCUT2D eigenvalue weighted by atomic mass is 9.86. The van der Waals surface area contributed by atoms with E-state index in [-0.39, 0.29) is 0 Å². The van der Waals surface area contributed by atoms with Crippen molar-refractivity contribution in [3.05, 3.63) is 97.1 Å². The Morgan fingerprint density at radius 3 is 1.10 bits per heavy atom. The molecule has 2 aliphatic rings. The smallest absolute Gasteiger partial charge is 0.136 e. The topological polar surface area (TPSA) is 26.3 Å². The molecule has 2 aliphatic heterocycles. The van der Waals surface area contributed by atoms with Gasteiger partial charge < -0.3 is 8.83 Å². The van der Waals surface area contributed by atoms with Gasteiger partial charge in [-0.05, 0) is 141 Å². The summed E-state index contributed by atoms with van der Waals surface area (Å²) < 4.78 is 13.3. The first-order valence-corrected chi connectivity index (χ1v) is 19.9. The maximum absolute atomic E-state index is 6.64. The molecule has 0 saturated heterocycles. The number of rotatable bonds is 4. The van der Waals surface area contributed by atoms with Gasteiger partial charge in [-0.15, -0.1) is 0 Å². The third kappa shape index (κ3) is 3.82. The Bertz CT molecular complexity index is 2070. The SMILES string of the molecule is CS(C)(C)c1ccc(-c2ccc3oc4ccc5c(-c6ccc(S(C)(C)C)cc6)ccc6oc7ccc2c3c7-c4c65)cc1. The molecule has 0 fully saturated rings. The lowest BCUT2D eigenvalue weighted by molar-refractivity contribution is 0.646. The number of hydrogen-bond donors (Lipinski definition) is 0. The monoisotopic (exact) mass is 586 g/mol. The summed E-state index contributed by atoms with van der Waals surface area (Å²) in [6, 6.07) is 35.6. The molecule has 6 aromatic carbocycles. The van der Waals surface area contributed by atoms with Gasteiger partial charge in [0.25, 0.3) is 0 Å². The van der Waals surface area contributed by atoms with Crippen LogP contribution in [-0.4, -0.2) is 37.5 Å². The van der Waals surface area contributed by atoms with E-state index < -0.39 is 20.1 Å². The van der Waals surface area contributed by atoms with E-state index in [0.717, 1.165) is 44.2 Å². The van der Waals surface area contributed by atoms with Crippen LogP contribution in [-0.2, 0) is 0 Å². The van der Waals surface area contributed by atoms with Crippen LogP contribution in [0.25, 0.3) is 77.3 Å².